The minimum atomic E-state index is -0.944. The molecule has 0 saturated carbocycles. The van der Waals surface area contributed by atoms with Gasteiger partial charge in [0, 0.05) is 10.4 Å². The van der Waals surface area contributed by atoms with Crippen molar-refractivity contribution < 1.29 is 14.6 Å². The zero-order valence-electron chi connectivity index (χ0n) is 10.3. The summed E-state index contributed by atoms with van der Waals surface area (Å²) in [4.78, 5) is 12.0. The topological polar surface area (TPSA) is 46.5 Å². The normalized spacial score (nSPS) is 10.3. The van der Waals surface area contributed by atoms with Crippen LogP contribution in [0.4, 0.5) is 0 Å². The Bertz CT molecular complexity index is 572. The molecule has 1 aromatic carbocycles. The molecule has 18 heavy (non-hydrogen) atoms. The lowest BCUT2D eigenvalue weighted by Gasteiger charge is -2.07. The lowest BCUT2D eigenvalue weighted by molar-refractivity contribution is 0.0696. The van der Waals surface area contributed by atoms with Crippen molar-refractivity contribution in [1.29, 1.82) is 0 Å². The second-order valence-corrected chi connectivity index (χ2v) is 4.80. The Hall–Kier alpha value is -1.81. The van der Waals surface area contributed by atoms with Crippen molar-refractivity contribution in [3.8, 4) is 16.2 Å². The fourth-order valence-corrected chi connectivity index (χ4v) is 2.76. The molecule has 94 valence electrons. The van der Waals surface area contributed by atoms with Gasteiger partial charge >= 0.3 is 5.97 Å². The third-order valence-corrected chi connectivity index (χ3v) is 3.79. The number of aryl methyl sites for hydroxylation is 1. The van der Waals surface area contributed by atoms with Gasteiger partial charge in [0.05, 0.1) is 12.7 Å². The number of ether oxygens (including phenoxy) is 1. The third-order valence-electron chi connectivity index (χ3n) is 2.78. The van der Waals surface area contributed by atoms with E-state index in [0.29, 0.717) is 5.75 Å². The van der Waals surface area contributed by atoms with Crippen LogP contribution in [0.2, 0.25) is 0 Å². The monoisotopic (exact) mass is 262 g/mol. The van der Waals surface area contributed by atoms with Gasteiger partial charge in [0.1, 0.15) is 5.75 Å². The van der Waals surface area contributed by atoms with Gasteiger partial charge in [-0.2, -0.15) is 0 Å². The highest BCUT2D eigenvalue weighted by molar-refractivity contribution is 7.13. The van der Waals surface area contributed by atoms with Gasteiger partial charge in [0.25, 0.3) is 0 Å². The molecule has 0 saturated heterocycles. The quantitative estimate of drug-likeness (QED) is 0.914. The van der Waals surface area contributed by atoms with Crippen molar-refractivity contribution >= 4 is 17.3 Å². The minimum Gasteiger partial charge on any atom is -0.496 e. The number of methoxy groups -OCH3 is 1. The minimum absolute atomic E-state index is 0.239. The number of thiophene rings is 1. The largest absolute Gasteiger partial charge is 0.496 e. The van der Waals surface area contributed by atoms with Crippen molar-refractivity contribution in [1.82, 2.24) is 0 Å². The lowest BCUT2D eigenvalue weighted by Crippen LogP contribution is -1.97. The summed E-state index contributed by atoms with van der Waals surface area (Å²) in [6, 6.07) is 7.07. The molecule has 0 unspecified atom stereocenters. The summed E-state index contributed by atoms with van der Waals surface area (Å²) < 4.78 is 5.28. The predicted octanol–water partition coefficient (Wildman–Crippen LogP) is 3.68. The molecule has 3 nitrogen and oxygen atoms in total. The second-order valence-electron chi connectivity index (χ2n) is 3.89. The van der Waals surface area contributed by atoms with Crippen molar-refractivity contribution in [3.05, 3.63) is 40.8 Å². The van der Waals surface area contributed by atoms with E-state index in [1.807, 2.05) is 0 Å². The summed E-state index contributed by atoms with van der Waals surface area (Å²) in [5, 5.41) is 11.1. The van der Waals surface area contributed by atoms with Crippen LogP contribution >= 0.6 is 11.3 Å². The first-order valence-electron chi connectivity index (χ1n) is 5.64. The molecule has 0 bridgehead atoms. The molecule has 0 radical (unpaired) electrons. The van der Waals surface area contributed by atoms with Crippen LogP contribution in [0.1, 0.15) is 22.8 Å². The van der Waals surface area contributed by atoms with E-state index in [0.717, 1.165) is 16.9 Å². The molecule has 2 rings (SSSR count). The predicted molar refractivity (Wildman–Crippen MR) is 72.6 cm³/mol. The molecule has 0 spiro atoms. The Morgan fingerprint density at radius 1 is 1.39 bits per heavy atom. The molecular formula is C14H14O3S. The molecule has 0 atom stereocenters. The Morgan fingerprint density at radius 2 is 2.17 bits per heavy atom. The van der Waals surface area contributed by atoms with Gasteiger partial charge in [-0.05, 0) is 41.6 Å². The number of rotatable bonds is 4. The van der Waals surface area contributed by atoms with Gasteiger partial charge in [0.15, 0.2) is 0 Å². The lowest BCUT2D eigenvalue weighted by atomic mass is 10.1. The van der Waals surface area contributed by atoms with E-state index in [-0.39, 0.29) is 5.56 Å². The number of benzene rings is 1. The third kappa shape index (κ3) is 2.38. The van der Waals surface area contributed by atoms with Crippen LogP contribution in [0.15, 0.2) is 29.6 Å². The zero-order valence-corrected chi connectivity index (χ0v) is 11.1. The zero-order chi connectivity index (χ0) is 13.1. The molecule has 0 aliphatic rings. The van der Waals surface area contributed by atoms with Gasteiger partial charge < -0.3 is 9.84 Å². The van der Waals surface area contributed by atoms with Gasteiger partial charge in [-0.3, -0.25) is 0 Å². The Labute approximate surface area is 110 Å². The molecular weight excluding hydrogens is 248 g/mol. The molecule has 1 N–H and O–H groups in total. The second kappa shape index (κ2) is 5.23. The van der Waals surface area contributed by atoms with Crippen LogP contribution < -0.4 is 4.74 Å². The average Bonchev–Trinajstić information content (AvgIpc) is 2.86. The number of aromatic carboxylic acids is 1. The maximum absolute atomic E-state index is 10.9. The maximum atomic E-state index is 10.9. The number of hydrogen-bond acceptors (Lipinski definition) is 3. The first-order chi connectivity index (χ1) is 8.65. The molecule has 0 aliphatic carbocycles. The van der Waals surface area contributed by atoms with Crippen LogP contribution in [0.5, 0.6) is 5.75 Å². The van der Waals surface area contributed by atoms with E-state index < -0.39 is 5.97 Å². The highest BCUT2D eigenvalue weighted by Gasteiger charge is 2.11. The van der Waals surface area contributed by atoms with E-state index in [4.69, 9.17) is 9.84 Å². The summed E-state index contributed by atoms with van der Waals surface area (Å²) in [6.45, 7) is 2.11. The van der Waals surface area contributed by atoms with Gasteiger partial charge in [0.2, 0.25) is 0 Å². The van der Waals surface area contributed by atoms with Gasteiger partial charge in [-0.15, -0.1) is 11.3 Å². The highest BCUT2D eigenvalue weighted by Crippen LogP contribution is 2.35. The van der Waals surface area contributed by atoms with Crippen molar-refractivity contribution in [2.75, 3.05) is 7.11 Å². The first kappa shape index (κ1) is 12.6. The van der Waals surface area contributed by atoms with Gasteiger partial charge in [-0.1, -0.05) is 6.92 Å². The summed E-state index contributed by atoms with van der Waals surface area (Å²) in [7, 11) is 1.55. The van der Waals surface area contributed by atoms with Crippen LogP contribution in [0.25, 0.3) is 10.4 Å². The molecule has 0 aliphatic heterocycles. The number of carboxylic acid groups (broad SMARTS) is 1. The Balaban J connectivity index is 2.47. The number of carbonyl (C=O) groups is 1. The van der Waals surface area contributed by atoms with Crippen molar-refractivity contribution in [2.24, 2.45) is 0 Å². The Morgan fingerprint density at radius 3 is 2.72 bits per heavy atom. The summed E-state index contributed by atoms with van der Waals surface area (Å²) in [6.07, 6.45) is 0.992. The van der Waals surface area contributed by atoms with Crippen molar-refractivity contribution in [3.63, 3.8) is 0 Å². The van der Waals surface area contributed by atoms with Gasteiger partial charge in [-0.25, -0.2) is 4.79 Å². The first-order valence-corrected chi connectivity index (χ1v) is 6.52. The van der Waals surface area contributed by atoms with Crippen LogP contribution in [-0.2, 0) is 6.42 Å². The standard InChI is InChI=1S/C14H14O3S/c1-3-9-6-13(18-8-9)11-5-4-10(14(15)16)7-12(11)17-2/h4-8H,3H2,1-2H3,(H,15,16). The highest BCUT2D eigenvalue weighted by atomic mass is 32.1. The van der Waals surface area contributed by atoms with Crippen LogP contribution in [0, 0.1) is 0 Å². The summed E-state index contributed by atoms with van der Waals surface area (Å²) in [5.41, 5.74) is 2.45. The molecule has 1 aromatic heterocycles. The summed E-state index contributed by atoms with van der Waals surface area (Å²) >= 11 is 1.64. The SMILES string of the molecule is CCc1csc(-c2ccc(C(=O)O)cc2OC)c1. The Kier molecular flexibility index (Phi) is 3.67. The molecule has 2 aromatic rings. The van der Waals surface area contributed by atoms with Crippen LogP contribution in [-0.4, -0.2) is 18.2 Å². The molecule has 4 heteroatoms. The average molecular weight is 262 g/mol. The number of carboxylic acids is 1. The van der Waals surface area contributed by atoms with E-state index in [1.54, 1.807) is 36.6 Å². The van der Waals surface area contributed by atoms with E-state index in [1.165, 1.54) is 5.56 Å². The van der Waals surface area contributed by atoms with E-state index in [9.17, 15) is 4.79 Å². The smallest absolute Gasteiger partial charge is 0.335 e. The fourth-order valence-electron chi connectivity index (χ4n) is 1.73. The maximum Gasteiger partial charge on any atom is 0.335 e. The fraction of sp³-hybridized carbons (Fsp3) is 0.214. The van der Waals surface area contributed by atoms with Crippen LogP contribution in [0.3, 0.4) is 0 Å². The van der Waals surface area contributed by atoms with E-state index >= 15 is 0 Å². The van der Waals surface area contributed by atoms with Crippen molar-refractivity contribution in [2.45, 2.75) is 13.3 Å². The molecule has 0 fully saturated rings. The molecule has 1 heterocycles. The number of hydrogen-bond donors (Lipinski definition) is 1. The van der Waals surface area contributed by atoms with E-state index in [2.05, 4.69) is 18.4 Å². The molecule has 0 amide bonds. The summed E-state index contributed by atoms with van der Waals surface area (Å²) in [5.74, 6) is -0.348.